The van der Waals surface area contributed by atoms with Gasteiger partial charge in [-0.05, 0) is 79.1 Å². The van der Waals surface area contributed by atoms with Gasteiger partial charge in [0.05, 0.1) is 16.8 Å². The van der Waals surface area contributed by atoms with Gasteiger partial charge in [-0.25, -0.2) is 5.43 Å². The van der Waals surface area contributed by atoms with Gasteiger partial charge in [-0.2, -0.15) is 5.10 Å². The fourth-order valence-corrected chi connectivity index (χ4v) is 3.21. The third-order valence-electron chi connectivity index (χ3n) is 4.44. The fraction of sp³-hybridized carbons (Fsp3) is 0.250. The average Bonchev–Trinajstić information content (AvgIpc) is 2.76. The second-order valence-electron chi connectivity index (χ2n) is 6.23. The molecule has 0 radical (unpaired) electrons. The number of hydrogen-bond acceptors (Lipinski definition) is 3. The minimum atomic E-state index is -0.290. The molecule has 0 bridgehead atoms. The molecule has 1 aromatic carbocycles. The first-order valence-electron chi connectivity index (χ1n) is 8.29. The van der Waals surface area contributed by atoms with Crippen LogP contribution in [0.2, 0.25) is 0 Å². The third-order valence-corrected chi connectivity index (χ3v) is 4.89. The van der Waals surface area contributed by atoms with Crippen molar-refractivity contribution in [2.75, 3.05) is 0 Å². The summed E-state index contributed by atoms with van der Waals surface area (Å²) in [5.74, 6) is -0.290. The number of amides is 1. The number of benzene rings is 1. The summed E-state index contributed by atoms with van der Waals surface area (Å²) in [6.45, 7) is 4.21. The van der Waals surface area contributed by atoms with Crippen molar-refractivity contribution in [1.29, 1.82) is 0 Å². The number of fused-ring (bicyclic) bond motifs is 1. The Labute approximate surface area is 152 Å². The Morgan fingerprint density at radius 2 is 2.08 bits per heavy atom. The molecule has 2 aromatic rings. The van der Waals surface area contributed by atoms with Gasteiger partial charge < -0.3 is 0 Å². The number of hydrazone groups is 1. The predicted molar refractivity (Wildman–Crippen MR) is 102 cm³/mol. The summed E-state index contributed by atoms with van der Waals surface area (Å²) in [5, 5.41) is 4.80. The summed E-state index contributed by atoms with van der Waals surface area (Å²) in [7, 11) is 0. The van der Waals surface area contributed by atoms with Gasteiger partial charge in [0.1, 0.15) is 0 Å². The molecule has 1 N–H and O–H groups in total. The van der Waals surface area contributed by atoms with Crippen LogP contribution >= 0.6 is 11.6 Å². The third kappa shape index (κ3) is 3.97. The lowest BCUT2D eigenvalue weighted by molar-refractivity contribution is 0.0955. The van der Waals surface area contributed by atoms with Crippen molar-refractivity contribution in [3.8, 4) is 0 Å². The summed E-state index contributed by atoms with van der Waals surface area (Å²) in [6, 6.07) is 7.76. The minimum Gasteiger partial charge on any atom is -0.267 e. The Kier molecular flexibility index (Phi) is 5.29. The predicted octanol–water partition coefficient (Wildman–Crippen LogP) is 4.40. The van der Waals surface area contributed by atoms with Crippen LogP contribution in [-0.2, 0) is 6.42 Å². The van der Waals surface area contributed by atoms with Crippen LogP contribution in [-0.4, -0.2) is 17.1 Å². The molecule has 1 aliphatic carbocycles. The van der Waals surface area contributed by atoms with E-state index in [1.165, 1.54) is 22.9 Å². The zero-order valence-corrected chi connectivity index (χ0v) is 15.1. The molecule has 5 heteroatoms. The maximum absolute atomic E-state index is 12.0. The van der Waals surface area contributed by atoms with Crippen LogP contribution in [0.3, 0.4) is 0 Å². The van der Waals surface area contributed by atoms with Crippen LogP contribution in [0.4, 0.5) is 0 Å². The van der Waals surface area contributed by atoms with Gasteiger partial charge in [0.2, 0.25) is 0 Å². The lowest BCUT2D eigenvalue weighted by Crippen LogP contribution is -2.17. The molecule has 128 valence electrons. The zero-order chi connectivity index (χ0) is 17.8. The lowest BCUT2D eigenvalue weighted by atomic mass is 9.98. The van der Waals surface area contributed by atoms with E-state index in [2.05, 4.69) is 41.5 Å². The number of rotatable bonds is 3. The van der Waals surface area contributed by atoms with Crippen molar-refractivity contribution >= 4 is 28.8 Å². The number of allylic oxidation sites excluding steroid dienone is 1. The largest absolute Gasteiger partial charge is 0.272 e. The highest BCUT2D eigenvalue weighted by atomic mass is 35.5. The summed E-state index contributed by atoms with van der Waals surface area (Å²) < 4.78 is 0. The Hall–Kier alpha value is -2.46. The highest BCUT2D eigenvalue weighted by Gasteiger charge is 2.16. The number of hydrogen-bond donors (Lipinski definition) is 1. The van der Waals surface area contributed by atoms with Crippen molar-refractivity contribution in [2.24, 2.45) is 5.10 Å². The maximum Gasteiger partial charge on any atom is 0.272 e. The molecule has 0 unspecified atom stereocenters. The van der Waals surface area contributed by atoms with Crippen molar-refractivity contribution in [3.63, 3.8) is 0 Å². The van der Waals surface area contributed by atoms with Gasteiger partial charge in [0.25, 0.3) is 5.91 Å². The fourth-order valence-electron chi connectivity index (χ4n) is 2.89. The van der Waals surface area contributed by atoms with E-state index in [4.69, 9.17) is 11.6 Å². The molecule has 25 heavy (non-hydrogen) atoms. The molecule has 1 amide bonds. The number of nitrogens with zero attached hydrogens (tertiary/aromatic N) is 2. The molecule has 0 aliphatic heterocycles. The van der Waals surface area contributed by atoms with Crippen molar-refractivity contribution in [3.05, 3.63) is 70.0 Å². The van der Waals surface area contributed by atoms with E-state index in [0.29, 0.717) is 5.56 Å². The monoisotopic (exact) mass is 353 g/mol. The molecule has 0 saturated heterocycles. The highest BCUT2D eigenvalue weighted by Crippen LogP contribution is 2.33. The van der Waals surface area contributed by atoms with Crippen LogP contribution in [0, 0.1) is 13.8 Å². The van der Waals surface area contributed by atoms with E-state index in [-0.39, 0.29) is 5.91 Å². The maximum atomic E-state index is 12.0. The number of pyridine rings is 1. The molecule has 4 nitrogen and oxygen atoms in total. The second-order valence-corrected chi connectivity index (χ2v) is 6.61. The van der Waals surface area contributed by atoms with Crippen LogP contribution in [0.25, 0.3) is 5.03 Å². The van der Waals surface area contributed by atoms with Crippen molar-refractivity contribution in [2.45, 2.75) is 33.1 Å². The number of nitrogens with one attached hydrogen (secondary N) is 1. The quantitative estimate of drug-likeness (QED) is 0.656. The zero-order valence-electron chi connectivity index (χ0n) is 14.3. The standard InChI is InChI=1S/C20H20ClN3O/c1-13-9-15-5-3-6-16(19(21)18(15)10-14(13)2)12-23-24-20(25)17-7-4-8-22-11-17/h4,7-12H,3,5-6H2,1-2H3,(H,24,25)/b23-12+. The number of aromatic nitrogens is 1. The van der Waals surface area contributed by atoms with Gasteiger partial charge in [-0.15, -0.1) is 0 Å². The molecule has 1 aromatic heterocycles. The Morgan fingerprint density at radius 1 is 1.28 bits per heavy atom. The van der Waals surface area contributed by atoms with E-state index < -0.39 is 0 Å². The first kappa shape index (κ1) is 17.4. The Balaban J connectivity index is 1.81. The van der Waals surface area contributed by atoms with Crippen molar-refractivity contribution in [1.82, 2.24) is 10.4 Å². The SMILES string of the molecule is Cc1cc2c(cc1C)C(Cl)=C(/C=N/NC(=O)c1cccnc1)CCC2. The highest BCUT2D eigenvalue weighted by molar-refractivity contribution is 6.50. The van der Waals surface area contributed by atoms with Crippen LogP contribution < -0.4 is 5.43 Å². The molecular weight excluding hydrogens is 334 g/mol. The first-order chi connectivity index (χ1) is 12.1. The summed E-state index contributed by atoms with van der Waals surface area (Å²) in [5.41, 5.74) is 8.79. The number of halogens is 1. The molecule has 0 spiro atoms. The van der Waals surface area contributed by atoms with Gasteiger partial charge in [0.15, 0.2) is 0 Å². The van der Waals surface area contributed by atoms with E-state index in [0.717, 1.165) is 35.4 Å². The van der Waals surface area contributed by atoms with Gasteiger partial charge in [0, 0.05) is 12.4 Å². The molecule has 0 saturated carbocycles. The van der Waals surface area contributed by atoms with Gasteiger partial charge in [-0.1, -0.05) is 17.7 Å². The molecule has 1 aliphatic rings. The molecule has 3 rings (SSSR count). The summed E-state index contributed by atoms with van der Waals surface area (Å²) in [4.78, 5) is 15.9. The van der Waals surface area contributed by atoms with E-state index in [9.17, 15) is 4.79 Å². The second kappa shape index (κ2) is 7.62. The lowest BCUT2D eigenvalue weighted by Gasteiger charge is -2.10. The molecule has 0 atom stereocenters. The van der Waals surface area contributed by atoms with E-state index >= 15 is 0 Å². The van der Waals surface area contributed by atoms with E-state index in [1.807, 2.05) is 0 Å². The average molecular weight is 354 g/mol. The Bertz CT molecular complexity index is 857. The first-order valence-corrected chi connectivity index (χ1v) is 8.66. The summed E-state index contributed by atoms with van der Waals surface area (Å²) in [6.07, 6.45) is 7.61. The smallest absolute Gasteiger partial charge is 0.267 e. The van der Waals surface area contributed by atoms with E-state index in [1.54, 1.807) is 24.5 Å². The topological polar surface area (TPSA) is 54.4 Å². The normalized spacial score (nSPS) is 14.4. The van der Waals surface area contributed by atoms with Crippen LogP contribution in [0.15, 0.2) is 47.3 Å². The van der Waals surface area contributed by atoms with Crippen LogP contribution in [0.5, 0.6) is 0 Å². The number of carbonyl (C=O) groups is 1. The molecular formula is C20H20ClN3O. The Morgan fingerprint density at radius 3 is 2.84 bits per heavy atom. The van der Waals surface area contributed by atoms with Gasteiger partial charge >= 0.3 is 0 Å². The van der Waals surface area contributed by atoms with Gasteiger partial charge in [-0.3, -0.25) is 9.78 Å². The molecule has 1 heterocycles. The number of carbonyl (C=O) groups excluding carboxylic acids is 1. The molecule has 0 fully saturated rings. The number of aryl methyl sites for hydroxylation is 3. The van der Waals surface area contributed by atoms with Crippen molar-refractivity contribution < 1.29 is 4.79 Å². The summed E-state index contributed by atoms with van der Waals surface area (Å²) >= 11 is 6.64. The van der Waals surface area contributed by atoms with Crippen LogP contribution in [0.1, 0.15) is 45.5 Å². The minimum absolute atomic E-state index is 0.290.